The molecule has 4 aliphatic rings. The van der Waals surface area contributed by atoms with E-state index in [0.717, 1.165) is 11.8 Å². The van der Waals surface area contributed by atoms with Crippen molar-refractivity contribution in [3.05, 3.63) is 29.8 Å². The molecular formula is C20H26N2. The van der Waals surface area contributed by atoms with Gasteiger partial charge in [0, 0.05) is 23.2 Å². The molecule has 0 unspecified atom stereocenters. The van der Waals surface area contributed by atoms with Crippen molar-refractivity contribution < 1.29 is 0 Å². The predicted octanol–water partition coefficient (Wildman–Crippen LogP) is 4.22. The molecule has 2 aliphatic carbocycles. The molecule has 0 radical (unpaired) electrons. The summed E-state index contributed by atoms with van der Waals surface area (Å²) >= 11 is 0. The lowest BCUT2D eigenvalue weighted by molar-refractivity contribution is 0.0991. The first-order valence-electron chi connectivity index (χ1n) is 8.88. The predicted molar refractivity (Wildman–Crippen MR) is 90.8 cm³/mol. The second kappa shape index (κ2) is 3.84. The summed E-state index contributed by atoms with van der Waals surface area (Å²) < 4.78 is 0. The maximum absolute atomic E-state index is 4.84. The van der Waals surface area contributed by atoms with Crippen molar-refractivity contribution in [2.24, 2.45) is 22.2 Å². The van der Waals surface area contributed by atoms with E-state index in [1.807, 2.05) is 0 Å². The highest BCUT2D eigenvalue weighted by Crippen LogP contribution is 2.69. The molecule has 1 saturated heterocycles. The summed E-state index contributed by atoms with van der Waals surface area (Å²) in [5, 5.41) is 4.00. The molecule has 2 nitrogen and oxygen atoms in total. The number of benzene rings is 1. The average molecular weight is 294 g/mol. The summed E-state index contributed by atoms with van der Waals surface area (Å²) in [6.07, 6.45) is 7.65. The van der Waals surface area contributed by atoms with Crippen molar-refractivity contribution in [3.63, 3.8) is 0 Å². The number of nitrogens with one attached hydrogen (secondary N) is 1. The fourth-order valence-corrected chi connectivity index (χ4v) is 6.77. The van der Waals surface area contributed by atoms with E-state index >= 15 is 0 Å². The first-order chi connectivity index (χ1) is 10.5. The third-order valence-electron chi connectivity index (χ3n) is 7.43. The van der Waals surface area contributed by atoms with Crippen LogP contribution in [0.2, 0.25) is 0 Å². The summed E-state index contributed by atoms with van der Waals surface area (Å²) in [6.45, 7) is 7.34. The van der Waals surface area contributed by atoms with E-state index in [4.69, 9.17) is 4.99 Å². The number of para-hydroxylation sites is 1. The highest BCUT2D eigenvalue weighted by molar-refractivity contribution is 5.87. The van der Waals surface area contributed by atoms with Crippen LogP contribution in [0, 0.1) is 17.3 Å². The zero-order valence-electron chi connectivity index (χ0n) is 13.9. The zero-order chi connectivity index (χ0) is 15.2. The molecule has 1 spiro atoms. The summed E-state index contributed by atoms with van der Waals surface area (Å²) in [4.78, 5) is 4.84. The molecule has 0 bridgehead atoms. The van der Waals surface area contributed by atoms with Crippen LogP contribution in [0.5, 0.6) is 0 Å². The second-order valence-corrected chi connectivity index (χ2v) is 9.03. The summed E-state index contributed by atoms with van der Waals surface area (Å²) in [5.74, 6) is 1.71. The molecule has 5 rings (SSSR count). The van der Waals surface area contributed by atoms with Gasteiger partial charge in [0.2, 0.25) is 0 Å². The van der Waals surface area contributed by atoms with Crippen molar-refractivity contribution in [2.45, 2.75) is 63.5 Å². The van der Waals surface area contributed by atoms with Crippen molar-refractivity contribution in [1.29, 1.82) is 0 Å². The molecule has 0 aromatic heterocycles. The first kappa shape index (κ1) is 13.3. The van der Waals surface area contributed by atoms with Gasteiger partial charge in [-0.25, -0.2) is 0 Å². The molecule has 22 heavy (non-hydrogen) atoms. The van der Waals surface area contributed by atoms with Gasteiger partial charge in [0.05, 0.1) is 5.69 Å². The number of aliphatic imine (C=N–C) groups is 1. The highest BCUT2D eigenvalue weighted by atomic mass is 15.1. The number of piperidine rings is 1. The fraction of sp³-hybridized carbons (Fsp3) is 0.650. The normalized spacial score (nSPS) is 47.0. The van der Waals surface area contributed by atoms with E-state index in [-0.39, 0.29) is 11.0 Å². The van der Waals surface area contributed by atoms with Gasteiger partial charge in [-0.1, -0.05) is 25.1 Å². The average Bonchev–Trinajstić information content (AvgIpc) is 3.06. The molecule has 2 aliphatic heterocycles. The lowest BCUT2D eigenvalue weighted by atomic mass is 9.61. The quantitative estimate of drug-likeness (QED) is 0.761. The molecule has 2 heterocycles. The van der Waals surface area contributed by atoms with Gasteiger partial charge < -0.3 is 5.32 Å². The Labute approximate surface area is 133 Å². The fourth-order valence-electron chi connectivity index (χ4n) is 6.77. The summed E-state index contributed by atoms with van der Waals surface area (Å²) in [7, 11) is 0. The molecule has 116 valence electrons. The second-order valence-electron chi connectivity index (χ2n) is 9.03. The van der Waals surface area contributed by atoms with Gasteiger partial charge in [-0.15, -0.1) is 0 Å². The zero-order valence-corrected chi connectivity index (χ0v) is 13.9. The van der Waals surface area contributed by atoms with Crippen LogP contribution in [-0.4, -0.2) is 17.8 Å². The van der Waals surface area contributed by atoms with Gasteiger partial charge in [0.25, 0.3) is 0 Å². The van der Waals surface area contributed by atoms with Crippen LogP contribution in [-0.2, 0) is 5.41 Å². The van der Waals surface area contributed by atoms with Gasteiger partial charge in [-0.05, 0) is 68.4 Å². The minimum Gasteiger partial charge on any atom is -0.309 e. The number of hydrogen-bond acceptors (Lipinski definition) is 2. The minimum atomic E-state index is 0.168. The summed E-state index contributed by atoms with van der Waals surface area (Å²) in [6, 6.07) is 9.50. The third-order valence-corrected chi connectivity index (χ3v) is 7.43. The first-order valence-corrected chi connectivity index (χ1v) is 8.88. The Bertz CT molecular complexity index is 676. The van der Waals surface area contributed by atoms with Crippen LogP contribution in [0.15, 0.2) is 29.3 Å². The Kier molecular flexibility index (Phi) is 2.32. The van der Waals surface area contributed by atoms with E-state index in [1.54, 1.807) is 0 Å². The van der Waals surface area contributed by atoms with Gasteiger partial charge >= 0.3 is 0 Å². The van der Waals surface area contributed by atoms with E-state index < -0.39 is 0 Å². The largest absolute Gasteiger partial charge is 0.309 e. The lowest BCUT2D eigenvalue weighted by Crippen LogP contribution is -2.55. The molecule has 3 fully saturated rings. The molecule has 0 amide bonds. The van der Waals surface area contributed by atoms with E-state index in [1.165, 1.54) is 36.9 Å². The smallest absolute Gasteiger partial charge is 0.0667 e. The molecule has 1 aromatic rings. The van der Waals surface area contributed by atoms with Crippen molar-refractivity contribution in [3.8, 4) is 0 Å². The van der Waals surface area contributed by atoms with Gasteiger partial charge in [0.15, 0.2) is 0 Å². The van der Waals surface area contributed by atoms with Crippen molar-refractivity contribution in [1.82, 2.24) is 5.32 Å². The highest BCUT2D eigenvalue weighted by Gasteiger charge is 2.68. The van der Waals surface area contributed by atoms with E-state index in [0.29, 0.717) is 11.5 Å². The van der Waals surface area contributed by atoms with Crippen LogP contribution in [0.1, 0.15) is 52.0 Å². The molecular weight excluding hydrogens is 268 g/mol. The Hall–Kier alpha value is -1.15. The lowest BCUT2D eigenvalue weighted by Gasteiger charge is -2.45. The van der Waals surface area contributed by atoms with Crippen LogP contribution in [0.25, 0.3) is 0 Å². The summed E-state index contributed by atoms with van der Waals surface area (Å²) in [5.41, 5.74) is 3.54. The van der Waals surface area contributed by atoms with E-state index in [9.17, 15) is 0 Å². The molecule has 2 saturated carbocycles. The number of nitrogens with zero attached hydrogens (tertiary/aromatic N) is 1. The number of rotatable bonds is 0. The molecule has 1 N–H and O–H groups in total. The SMILES string of the molecule is CC1(C)C[C@H]2CC[C@]3(C)[C@H]2[C@@H](C[C@@]32C=Nc3ccccc32)N1. The van der Waals surface area contributed by atoms with Crippen LogP contribution >= 0.6 is 0 Å². The van der Waals surface area contributed by atoms with Crippen molar-refractivity contribution >= 4 is 11.9 Å². The Morgan fingerprint density at radius 2 is 1.95 bits per heavy atom. The van der Waals surface area contributed by atoms with Crippen LogP contribution in [0.3, 0.4) is 0 Å². The standard InChI is InChI=1S/C20H26N2/c1-18(2)10-13-8-9-19(3)17(13)16(22-18)11-20(19)12-21-15-7-5-4-6-14(15)20/h4-7,12-13,16-17,22H,8-11H2,1-3H3/t13-,16-,17-,19-,20+/m1/s1. The van der Waals surface area contributed by atoms with Crippen LogP contribution < -0.4 is 5.32 Å². The monoisotopic (exact) mass is 294 g/mol. The van der Waals surface area contributed by atoms with Gasteiger partial charge in [-0.2, -0.15) is 0 Å². The van der Waals surface area contributed by atoms with Crippen molar-refractivity contribution in [2.75, 3.05) is 0 Å². The third kappa shape index (κ3) is 1.39. The number of fused-ring (bicyclic) bond motifs is 3. The van der Waals surface area contributed by atoms with E-state index in [2.05, 4.69) is 56.6 Å². The van der Waals surface area contributed by atoms with Gasteiger partial charge in [0.1, 0.15) is 0 Å². The Balaban J connectivity index is 1.68. The molecule has 2 heteroatoms. The van der Waals surface area contributed by atoms with Crippen LogP contribution in [0.4, 0.5) is 5.69 Å². The Morgan fingerprint density at radius 1 is 1.14 bits per heavy atom. The number of hydrogen-bond donors (Lipinski definition) is 1. The molecule has 5 atom stereocenters. The minimum absolute atomic E-state index is 0.168. The topological polar surface area (TPSA) is 24.4 Å². The maximum atomic E-state index is 4.84. The van der Waals surface area contributed by atoms with Gasteiger partial charge in [-0.3, -0.25) is 4.99 Å². The Morgan fingerprint density at radius 3 is 2.82 bits per heavy atom. The molecule has 1 aromatic carbocycles. The maximum Gasteiger partial charge on any atom is 0.0667 e.